The van der Waals surface area contributed by atoms with E-state index in [2.05, 4.69) is 5.32 Å². The second-order valence-electron chi connectivity index (χ2n) is 2.70. The van der Waals surface area contributed by atoms with E-state index in [0.29, 0.717) is 0 Å². The van der Waals surface area contributed by atoms with Crippen LogP contribution in [0.3, 0.4) is 0 Å². The summed E-state index contributed by atoms with van der Waals surface area (Å²) in [4.78, 5) is 0. The van der Waals surface area contributed by atoms with Crippen LogP contribution in [0.2, 0.25) is 5.02 Å². The summed E-state index contributed by atoms with van der Waals surface area (Å²) in [7, 11) is 0. The van der Waals surface area contributed by atoms with Gasteiger partial charge in [0, 0.05) is 5.02 Å². The van der Waals surface area contributed by atoms with Crippen molar-refractivity contribution in [3.63, 3.8) is 0 Å². The largest absolute Gasteiger partial charge is 1.00 e. The van der Waals surface area contributed by atoms with Crippen LogP contribution >= 0.6 is 11.6 Å². The van der Waals surface area contributed by atoms with Crippen molar-refractivity contribution >= 4 is 11.6 Å². The SMILES string of the molecule is Clc1ccc(O[C+]2CNC2)cc1.[Cl-]. The van der Waals surface area contributed by atoms with Gasteiger partial charge in [-0.3, -0.25) is 0 Å². The first kappa shape index (κ1) is 10.5. The summed E-state index contributed by atoms with van der Waals surface area (Å²) in [5.74, 6) is 0.857. The van der Waals surface area contributed by atoms with Crippen LogP contribution in [-0.4, -0.2) is 13.1 Å². The van der Waals surface area contributed by atoms with E-state index in [4.69, 9.17) is 16.3 Å². The van der Waals surface area contributed by atoms with Crippen molar-refractivity contribution in [3.05, 3.63) is 35.4 Å². The number of benzene rings is 1. The molecule has 2 nitrogen and oxygen atoms in total. The molecule has 1 heterocycles. The standard InChI is InChI=1S/C9H9ClNO.ClH/c10-7-1-3-8(4-2-7)12-9-5-11-6-9;/h1-4,11H,5-6H2;1H/q+1;/p-1. The smallest absolute Gasteiger partial charge is 0.320 e. The Morgan fingerprint density at radius 1 is 1.23 bits per heavy atom. The molecule has 1 saturated heterocycles. The van der Waals surface area contributed by atoms with Gasteiger partial charge in [-0.15, -0.1) is 0 Å². The highest BCUT2D eigenvalue weighted by Gasteiger charge is 2.32. The quantitative estimate of drug-likeness (QED) is 0.633. The molecular formula is C9H9Cl2NO. The highest BCUT2D eigenvalue weighted by molar-refractivity contribution is 6.30. The molecule has 0 unspecified atom stereocenters. The van der Waals surface area contributed by atoms with E-state index in [9.17, 15) is 0 Å². The number of halogens is 2. The van der Waals surface area contributed by atoms with E-state index in [1.165, 1.54) is 0 Å². The molecule has 0 amide bonds. The van der Waals surface area contributed by atoms with E-state index >= 15 is 0 Å². The van der Waals surface area contributed by atoms with E-state index in [-0.39, 0.29) is 12.4 Å². The number of hydrogen-bond acceptors (Lipinski definition) is 2. The maximum absolute atomic E-state index is 5.72. The molecule has 1 fully saturated rings. The summed E-state index contributed by atoms with van der Waals surface area (Å²) < 4.78 is 5.50. The fourth-order valence-corrected chi connectivity index (χ4v) is 1.09. The van der Waals surface area contributed by atoms with Gasteiger partial charge >= 0.3 is 6.10 Å². The Kier molecular flexibility index (Phi) is 3.72. The van der Waals surface area contributed by atoms with Gasteiger partial charge in [0.25, 0.3) is 0 Å². The minimum atomic E-state index is 0. The lowest BCUT2D eigenvalue weighted by atomic mass is 10.2. The van der Waals surface area contributed by atoms with Gasteiger partial charge < -0.3 is 17.1 Å². The van der Waals surface area contributed by atoms with Crippen molar-refractivity contribution in [1.82, 2.24) is 5.32 Å². The molecule has 1 aromatic carbocycles. The van der Waals surface area contributed by atoms with Crippen LogP contribution in [0.25, 0.3) is 0 Å². The van der Waals surface area contributed by atoms with Gasteiger partial charge in [-0.25, -0.2) is 5.32 Å². The average molecular weight is 218 g/mol. The highest BCUT2D eigenvalue weighted by Crippen LogP contribution is 2.19. The molecule has 1 aromatic rings. The zero-order chi connectivity index (χ0) is 8.39. The van der Waals surface area contributed by atoms with Gasteiger partial charge in [-0.1, -0.05) is 11.6 Å². The van der Waals surface area contributed by atoms with Gasteiger partial charge in [-0.2, -0.15) is 0 Å². The number of ether oxygens (including phenoxy) is 1. The van der Waals surface area contributed by atoms with E-state index in [0.717, 1.165) is 30.0 Å². The minimum absolute atomic E-state index is 0. The minimum Gasteiger partial charge on any atom is -1.00 e. The molecule has 13 heavy (non-hydrogen) atoms. The van der Waals surface area contributed by atoms with Gasteiger partial charge in [0.2, 0.25) is 0 Å². The molecular weight excluding hydrogens is 209 g/mol. The second kappa shape index (κ2) is 4.61. The maximum Gasteiger partial charge on any atom is 0.320 e. The van der Waals surface area contributed by atoms with Crippen LogP contribution in [0, 0.1) is 6.10 Å². The van der Waals surface area contributed by atoms with Gasteiger partial charge in [0.15, 0.2) is 18.8 Å². The Labute approximate surface area is 88.6 Å². The van der Waals surface area contributed by atoms with Crippen LogP contribution in [0.15, 0.2) is 24.3 Å². The molecule has 0 saturated carbocycles. The third-order valence-corrected chi connectivity index (χ3v) is 1.97. The fraction of sp³-hybridized carbons (Fsp3) is 0.222. The molecule has 70 valence electrons. The molecule has 0 atom stereocenters. The summed E-state index contributed by atoms with van der Waals surface area (Å²) in [6.07, 6.45) is 1.08. The monoisotopic (exact) mass is 217 g/mol. The predicted molar refractivity (Wildman–Crippen MR) is 48.2 cm³/mol. The van der Waals surface area contributed by atoms with E-state index in [1.54, 1.807) is 0 Å². The summed E-state index contributed by atoms with van der Waals surface area (Å²) in [6.45, 7) is 1.73. The highest BCUT2D eigenvalue weighted by atomic mass is 35.5. The molecule has 0 aliphatic carbocycles. The third kappa shape index (κ3) is 2.69. The van der Waals surface area contributed by atoms with E-state index in [1.807, 2.05) is 24.3 Å². The molecule has 1 N–H and O–H groups in total. The van der Waals surface area contributed by atoms with Crippen molar-refractivity contribution in [3.8, 4) is 5.75 Å². The van der Waals surface area contributed by atoms with Crippen molar-refractivity contribution in [1.29, 1.82) is 0 Å². The van der Waals surface area contributed by atoms with E-state index < -0.39 is 0 Å². The van der Waals surface area contributed by atoms with Crippen LogP contribution < -0.4 is 22.5 Å². The molecule has 0 bridgehead atoms. The molecule has 0 aromatic heterocycles. The zero-order valence-corrected chi connectivity index (χ0v) is 8.40. The van der Waals surface area contributed by atoms with Gasteiger partial charge in [0.05, 0.1) is 0 Å². The van der Waals surface area contributed by atoms with Crippen LogP contribution in [0.5, 0.6) is 5.75 Å². The Morgan fingerprint density at radius 3 is 2.31 bits per heavy atom. The molecule has 1 aliphatic rings. The van der Waals surface area contributed by atoms with Crippen molar-refractivity contribution in [2.24, 2.45) is 0 Å². The first-order valence-electron chi connectivity index (χ1n) is 3.83. The number of rotatable bonds is 2. The molecule has 2 rings (SSSR count). The Morgan fingerprint density at radius 2 is 1.85 bits per heavy atom. The van der Waals surface area contributed by atoms with Crippen LogP contribution in [-0.2, 0) is 0 Å². The van der Waals surface area contributed by atoms with Crippen molar-refractivity contribution < 1.29 is 17.1 Å². The summed E-state index contributed by atoms with van der Waals surface area (Å²) in [5.41, 5.74) is 0. The summed E-state index contributed by atoms with van der Waals surface area (Å²) in [5, 5.41) is 3.84. The average Bonchev–Trinajstić information content (AvgIpc) is 2.00. The summed E-state index contributed by atoms with van der Waals surface area (Å²) >= 11 is 5.72. The van der Waals surface area contributed by atoms with Crippen LogP contribution in [0.1, 0.15) is 0 Å². The van der Waals surface area contributed by atoms with Crippen LogP contribution in [0.4, 0.5) is 0 Å². The molecule has 4 heteroatoms. The number of nitrogens with one attached hydrogen (secondary N) is 1. The Hall–Kier alpha value is -0.570. The first-order valence-corrected chi connectivity index (χ1v) is 4.21. The summed E-state index contributed by atoms with van der Waals surface area (Å²) in [6, 6.07) is 7.38. The predicted octanol–water partition coefficient (Wildman–Crippen LogP) is -1.14. The molecule has 0 radical (unpaired) electrons. The maximum atomic E-state index is 5.72. The van der Waals surface area contributed by atoms with Crippen molar-refractivity contribution in [2.45, 2.75) is 0 Å². The molecule has 0 spiro atoms. The van der Waals surface area contributed by atoms with Gasteiger partial charge in [0.1, 0.15) is 0 Å². The number of hydrogen-bond donors (Lipinski definition) is 1. The fourth-order valence-electron chi connectivity index (χ4n) is 0.969. The second-order valence-corrected chi connectivity index (χ2v) is 3.13. The molecule has 1 aliphatic heterocycles. The third-order valence-electron chi connectivity index (χ3n) is 1.72. The Balaban J connectivity index is 0.000000845. The topological polar surface area (TPSA) is 21.3 Å². The van der Waals surface area contributed by atoms with Crippen molar-refractivity contribution in [2.75, 3.05) is 13.1 Å². The lowest BCUT2D eigenvalue weighted by Crippen LogP contribution is -3.00. The lowest BCUT2D eigenvalue weighted by molar-refractivity contribution is -0.00000310. The lowest BCUT2D eigenvalue weighted by Gasteiger charge is -2.13. The Bertz CT molecular complexity index is 259. The first-order chi connectivity index (χ1) is 5.84. The van der Waals surface area contributed by atoms with Gasteiger partial charge in [-0.05, 0) is 24.3 Å². The zero-order valence-electron chi connectivity index (χ0n) is 6.89. The normalized spacial score (nSPS) is 14.4.